The molecule has 0 aromatic carbocycles. The lowest BCUT2D eigenvalue weighted by Gasteiger charge is -1.95. The highest BCUT2D eigenvalue weighted by atomic mass is 19.1. The molecule has 0 saturated carbocycles. The SMILES string of the molecule is CC.Nc1ncccc1CF. The standard InChI is InChI=1S/C6H7FN2.C2H6/c7-4-5-2-1-3-9-6(5)8;1-2/h1-3H,4H2,(H2,8,9);1-2H3. The maximum absolute atomic E-state index is 11.9. The Morgan fingerprint density at radius 1 is 1.55 bits per heavy atom. The summed E-state index contributed by atoms with van der Waals surface area (Å²) in [6.45, 7) is 3.46. The van der Waals surface area contributed by atoms with Crippen LogP contribution in [0.5, 0.6) is 0 Å². The molecule has 0 aliphatic carbocycles. The lowest BCUT2D eigenvalue weighted by Crippen LogP contribution is -1.93. The van der Waals surface area contributed by atoms with Crippen LogP contribution in [0.15, 0.2) is 18.3 Å². The lowest BCUT2D eigenvalue weighted by atomic mass is 10.3. The molecule has 0 spiro atoms. The predicted molar refractivity (Wildman–Crippen MR) is 44.8 cm³/mol. The summed E-state index contributed by atoms with van der Waals surface area (Å²) >= 11 is 0. The number of nitrogen functional groups attached to an aromatic ring is 1. The van der Waals surface area contributed by atoms with E-state index in [2.05, 4.69) is 4.98 Å². The van der Waals surface area contributed by atoms with Gasteiger partial charge in [-0.1, -0.05) is 19.9 Å². The summed E-state index contributed by atoms with van der Waals surface area (Å²) in [6.07, 6.45) is 1.54. The van der Waals surface area contributed by atoms with Gasteiger partial charge in [-0.2, -0.15) is 0 Å². The van der Waals surface area contributed by atoms with Gasteiger partial charge in [-0.25, -0.2) is 9.37 Å². The smallest absolute Gasteiger partial charge is 0.129 e. The number of halogens is 1. The average molecular weight is 156 g/mol. The van der Waals surface area contributed by atoms with Crippen molar-refractivity contribution in [1.29, 1.82) is 0 Å². The first-order valence-corrected chi connectivity index (χ1v) is 3.60. The van der Waals surface area contributed by atoms with Crippen LogP contribution in [0.1, 0.15) is 19.4 Å². The van der Waals surface area contributed by atoms with Gasteiger partial charge >= 0.3 is 0 Å². The lowest BCUT2D eigenvalue weighted by molar-refractivity contribution is 0.485. The van der Waals surface area contributed by atoms with Crippen molar-refractivity contribution in [3.8, 4) is 0 Å². The van der Waals surface area contributed by atoms with Gasteiger partial charge in [0.1, 0.15) is 12.5 Å². The fourth-order valence-corrected chi connectivity index (χ4v) is 0.564. The van der Waals surface area contributed by atoms with Gasteiger partial charge in [-0.15, -0.1) is 0 Å². The van der Waals surface area contributed by atoms with E-state index in [-0.39, 0.29) is 5.82 Å². The summed E-state index contributed by atoms with van der Waals surface area (Å²) in [5.74, 6) is 0.278. The summed E-state index contributed by atoms with van der Waals surface area (Å²) in [5.41, 5.74) is 5.74. The number of alkyl halides is 1. The van der Waals surface area contributed by atoms with Crippen LogP contribution in [0.4, 0.5) is 10.2 Å². The Hall–Kier alpha value is -1.12. The highest BCUT2D eigenvalue weighted by Gasteiger charge is 1.94. The minimum atomic E-state index is -0.542. The Balaban J connectivity index is 0.000000461. The molecule has 3 heteroatoms. The largest absolute Gasteiger partial charge is 0.383 e. The van der Waals surface area contributed by atoms with Crippen molar-refractivity contribution in [3.05, 3.63) is 23.9 Å². The quantitative estimate of drug-likeness (QED) is 0.676. The second kappa shape index (κ2) is 5.65. The Kier molecular flexibility index (Phi) is 5.07. The molecule has 1 aromatic heterocycles. The van der Waals surface area contributed by atoms with Crippen LogP contribution in [0.25, 0.3) is 0 Å². The van der Waals surface area contributed by atoms with E-state index in [4.69, 9.17) is 5.73 Å². The van der Waals surface area contributed by atoms with Crippen LogP contribution in [0, 0.1) is 0 Å². The molecule has 0 amide bonds. The first-order chi connectivity index (χ1) is 5.34. The summed E-state index contributed by atoms with van der Waals surface area (Å²) in [4.78, 5) is 3.69. The number of hydrogen-bond acceptors (Lipinski definition) is 2. The fourth-order valence-electron chi connectivity index (χ4n) is 0.564. The Morgan fingerprint density at radius 2 is 2.18 bits per heavy atom. The van der Waals surface area contributed by atoms with E-state index >= 15 is 0 Å². The van der Waals surface area contributed by atoms with E-state index in [1.165, 1.54) is 6.20 Å². The molecule has 0 bridgehead atoms. The van der Waals surface area contributed by atoms with E-state index in [0.29, 0.717) is 5.56 Å². The number of nitrogens with two attached hydrogens (primary N) is 1. The van der Waals surface area contributed by atoms with Crippen LogP contribution < -0.4 is 5.73 Å². The second-order valence-electron chi connectivity index (χ2n) is 1.68. The van der Waals surface area contributed by atoms with Crippen molar-refractivity contribution in [1.82, 2.24) is 4.98 Å². The number of nitrogens with zero attached hydrogens (tertiary/aromatic N) is 1. The topological polar surface area (TPSA) is 38.9 Å². The van der Waals surface area contributed by atoms with Crippen molar-refractivity contribution >= 4 is 5.82 Å². The van der Waals surface area contributed by atoms with Crippen molar-refractivity contribution < 1.29 is 4.39 Å². The molecule has 0 fully saturated rings. The fraction of sp³-hybridized carbons (Fsp3) is 0.375. The molecule has 0 radical (unpaired) electrons. The van der Waals surface area contributed by atoms with Crippen molar-refractivity contribution in [2.24, 2.45) is 0 Å². The molecule has 0 atom stereocenters. The van der Waals surface area contributed by atoms with Gasteiger partial charge in [0.15, 0.2) is 0 Å². The molecule has 0 aliphatic heterocycles. The van der Waals surface area contributed by atoms with Gasteiger partial charge in [0.2, 0.25) is 0 Å². The molecular weight excluding hydrogens is 143 g/mol. The summed E-state index contributed by atoms with van der Waals surface area (Å²) in [7, 11) is 0. The zero-order chi connectivity index (χ0) is 8.69. The molecule has 1 aromatic rings. The number of aromatic nitrogens is 1. The molecule has 2 N–H and O–H groups in total. The summed E-state index contributed by atoms with van der Waals surface area (Å²) in [6, 6.07) is 3.27. The molecule has 62 valence electrons. The van der Waals surface area contributed by atoms with Gasteiger partial charge in [0, 0.05) is 11.8 Å². The molecule has 0 saturated heterocycles. The highest BCUT2D eigenvalue weighted by molar-refractivity contribution is 5.37. The maximum Gasteiger partial charge on any atom is 0.129 e. The Bertz CT molecular complexity index is 201. The monoisotopic (exact) mass is 156 g/mol. The molecule has 2 nitrogen and oxygen atoms in total. The van der Waals surface area contributed by atoms with Crippen molar-refractivity contribution in [2.45, 2.75) is 20.5 Å². The Morgan fingerprint density at radius 3 is 2.55 bits per heavy atom. The van der Waals surface area contributed by atoms with Gasteiger partial charge in [0.25, 0.3) is 0 Å². The van der Waals surface area contributed by atoms with Crippen LogP contribution >= 0.6 is 0 Å². The molecular formula is C8H13FN2. The number of hydrogen-bond donors (Lipinski definition) is 1. The van der Waals surface area contributed by atoms with Crippen LogP contribution in [0.2, 0.25) is 0 Å². The first kappa shape index (κ1) is 9.88. The third-order valence-electron chi connectivity index (χ3n) is 1.07. The van der Waals surface area contributed by atoms with Crippen LogP contribution in [0.3, 0.4) is 0 Å². The van der Waals surface area contributed by atoms with Gasteiger partial charge < -0.3 is 5.73 Å². The number of anilines is 1. The summed E-state index contributed by atoms with van der Waals surface area (Å²) in [5, 5.41) is 0. The molecule has 11 heavy (non-hydrogen) atoms. The highest BCUT2D eigenvalue weighted by Crippen LogP contribution is 2.06. The minimum Gasteiger partial charge on any atom is -0.383 e. The predicted octanol–water partition coefficient (Wildman–Crippen LogP) is 2.16. The summed E-state index contributed by atoms with van der Waals surface area (Å²) < 4.78 is 11.9. The zero-order valence-electron chi connectivity index (χ0n) is 6.84. The number of rotatable bonds is 1. The minimum absolute atomic E-state index is 0.278. The van der Waals surface area contributed by atoms with E-state index in [1.807, 2.05) is 13.8 Å². The van der Waals surface area contributed by atoms with Gasteiger partial charge in [-0.3, -0.25) is 0 Å². The van der Waals surface area contributed by atoms with E-state index in [1.54, 1.807) is 12.1 Å². The average Bonchev–Trinajstić information content (AvgIpc) is 2.09. The zero-order valence-corrected chi connectivity index (χ0v) is 6.84. The van der Waals surface area contributed by atoms with Crippen LogP contribution in [-0.4, -0.2) is 4.98 Å². The van der Waals surface area contributed by atoms with E-state index in [0.717, 1.165) is 0 Å². The number of pyridine rings is 1. The van der Waals surface area contributed by atoms with E-state index < -0.39 is 6.67 Å². The van der Waals surface area contributed by atoms with Gasteiger partial charge in [0.05, 0.1) is 0 Å². The second-order valence-corrected chi connectivity index (χ2v) is 1.68. The van der Waals surface area contributed by atoms with Gasteiger partial charge in [-0.05, 0) is 6.07 Å². The first-order valence-electron chi connectivity index (χ1n) is 3.60. The molecule has 1 heterocycles. The molecule has 1 rings (SSSR count). The third kappa shape index (κ3) is 2.98. The van der Waals surface area contributed by atoms with Crippen molar-refractivity contribution in [2.75, 3.05) is 5.73 Å². The van der Waals surface area contributed by atoms with E-state index in [9.17, 15) is 4.39 Å². The molecule has 0 aliphatic rings. The van der Waals surface area contributed by atoms with Crippen molar-refractivity contribution in [3.63, 3.8) is 0 Å². The Labute approximate surface area is 66.3 Å². The molecule has 0 unspecified atom stereocenters. The third-order valence-corrected chi connectivity index (χ3v) is 1.07. The maximum atomic E-state index is 11.9. The normalized spacial score (nSPS) is 8.27. The van der Waals surface area contributed by atoms with Crippen LogP contribution in [-0.2, 0) is 6.67 Å².